The number of allylic oxidation sites excluding steroid dienone is 4. The Hall–Kier alpha value is -1.86. The number of aliphatic hydroxyl groups excluding tert-OH is 1. The van der Waals surface area contributed by atoms with Crippen molar-refractivity contribution in [2.75, 3.05) is 6.61 Å². The molecule has 4 aliphatic rings. The van der Waals surface area contributed by atoms with Crippen molar-refractivity contribution in [3.63, 3.8) is 0 Å². The molecule has 3 saturated carbocycles. The van der Waals surface area contributed by atoms with E-state index >= 15 is 4.39 Å². The lowest BCUT2D eigenvalue weighted by molar-refractivity contribution is -0.183. The third-order valence-corrected chi connectivity index (χ3v) is 8.50. The molecule has 0 heterocycles. The monoisotopic (exact) mass is 420 g/mol. The first-order chi connectivity index (χ1) is 13.9. The van der Waals surface area contributed by atoms with Crippen molar-refractivity contribution >= 4 is 17.5 Å². The highest BCUT2D eigenvalue weighted by Gasteiger charge is 2.69. The number of ether oxygens (including phenoxy) is 1. The maximum absolute atomic E-state index is 15.3. The average Bonchev–Trinajstić information content (AvgIpc) is 2.93. The summed E-state index contributed by atoms with van der Waals surface area (Å²) in [6.07, 6.45) is 3.37. The van der Waals surface area contributed by atoms with E-state index in [0.29, 0.717) is 12.0 Å². The molecule has 2 unspecified atom stereocenters. The number of rotatable bonds is 3. The second-order valence-electron chi connectivity index (χ2n) is 9.91. The molecule has 30 heavy (non-hydrogen) atoms. The average molecular weight is 420 g/mol. The summed E-state index contributed by atoms with van der Waals surface area (Å²) in [6.45, 7) is 4.34. The van der Waals surface area contributed by atoms with Gasteiger partial charge < -0.3 is 14.9 Å². The van der Waals surface area contributed by atoms with E-state index in [1.165, 1.54) is 19.1 Å². The van der Waals surface area contributed by atoms with Gasteiger partial charge in [-0.2, -0.15) is 0 Å². The quantitative estimate of drug-likeness (QED) is 0.678. The maximum Gasteiger partial charge on any atom is 0.303 e. The molecule has 0 aromatic carbocycles. The molecule has 0 amide bonds. The van der Waals surface area contributed by atoms with Gasteiger partial charge in [0.15, 0.2) is 12.4 Å². The summed E-state index contributed by atoms with van der Waals surface area (Å²) in [5, 5.41) is 22.6. The number of carbonyl (C=O) groups excluding carboxylic acids is 3. The van der Waals surface area contributed by atoms with Crippen molar-refractivity contribution in [1.29, 1.82) is 0 Å². The minimum atomic E-state index is -1.74. The molecule has 8 atom stereocenters. The van der Waals surface area contributed by atoms with Gasteiger partial charge in [-0.25, -0.2) is 4.39 Å². The van der Waals surface area contributed by atoms with E-state index in [2.05, 4.69) is 0 Å². The molecule has 2 N–H and O–H groups in total. The van der Waals surface area contributed by atoms with Crippen LogP contribution in [0.15, 0.2) is 23.8 Å². The molecule has 0 aromatic rings. The van der Waals surface area contributed by atoms with Crippen LogP contribution in [0, 0.1) is 28.6 Å². The third kappa shape index (κ3) is 2.78. The number of esters is 1. The van der Waals surface area contributed by atoms with Gasteiger partial charge in [-0.1, -0.05) is 19.9 Å². The molecule has 0 bridgehead atoms. The Bertz CT molecular complexity index is 864. The van der Waals surface area contributed by atoms with Crippen LogP contribution in [0.3, 0.4) is 0 Å². The van der Waals surface area contributed by atoms with Crippen molar-refractivity contribution in [1.82, 2.24) is 0 Å². The fourth-order valence-electron chi connectivity index (χ4n) is 7.08. The summed E-state index contributed by atoms with van der Waals surface area (Å²) in [5.74, 6) is -2.14. The van der Waals surface area contributed by atoms with Crippen LogP contribution in [0.5, 0.6) is 0 Å². The number of Topliss-reactive ketones (excluding diaryl/α,β-unsaturated/α-hetero) is 1. The Morgan fingerprint density at radius 1 is 1.33 bits per heavy atom. The molecule has 0 saturated heterocycles. The maximum atomic E-state index is 15.3. The molecule has 6 nitrogen and oxygen atoms in total. The number of hydrogen-bond acceptors (Lipinski definition) is 6. The second-order valence-corrected chi connectivity index (χ2v) is 9.91. The number of carbonyl (C=O) groups is 3. The van der Waals surface area contributed by atoms with Crippen molar-refractivity contribution < 1.29 is 33.7 Å². The van der Waals surface area contributed by atoms with Crippen molar-refractivity contribution in [3.8, 4) is 0 Å². The Kier molecular flexibility index (Phi) is 4.86. The van der Waals surface area contributed by atoms with Gasteiger partial charge in [-0.05, 0) is 55.2 Å². The van der Waals surface area contributed by atoms with Gasteiger partial charge in [-0.15, -0.1) is 0 Å². The fourth-order valence-corrected chi connectivity index (χ4v) is 7.08. The van der Waals surface area contributed by atoms with Crippen molar-refractivity contribution in [3.05, 3.63) is 23.8 Å². The predicted molar refractivity (Wildman–Crippen MR) is 105 cm³/mol. The van der Waals surface area contributed by atoms with Crippen LogP contribution in [0.25, 0.3) is 0 Å². The molecule has 0 aliphatic heterocycles. The van der Waals surface area contributed by atoms with Gasteiger partial charge in [0, 0.05) is 23.7 Å². The molecule has 0 spiro atoms. The van der Waals surface area contributed by atoms with Crippen molar-refractivity contribution in [2.45, 2.75) is 64.3 Å². The van der Waals surface area contributed by atoms with Crippen LogP contribution in [0.4, 0.5) is 4.39 Å². The first-order valence-corrected chi connectivity index (χ1v) is 10.6. The van der Waals surface area contributed by atoms with Crippen LogP contribution in [0.2, 0.25) is 0 Å². The van der Waals surface area contributed by atoms with Crippen LogP contribution in [0.1, 0.15) is 46.5 Å². The smallest absolute Gasteiger partial charge is 0.303 e. The molecule has 4 rings (SSSR count). The Morgan fingerprint density at radius 3 is 2.70 bits per heavy atom. The van der Waals surface area contributed by atoms with E-state index < -0.39 is 47.1 Å². The zero-order valence-corrected chi connectivity index (χ0v) is 17.6. The zero-order chi connectivity index (χ0) is 22.1. The number of ketones is 2. The Labute approximate surface area is 175 Å². The Morgan fingerprint density at radius 2 is 2.03 bits per heavy atom. The zero-order valence-electron chi connectivity index (χ0n) is 17.6. The largest absolute Gasteiger partial charge is 0.458 e. The molecule has 164 valence electrons. The summed E-state index contributed by atoms with van der Waals surface area (Å²) < 4.78 is 20.1. The van der Waals surface area contributed by atoms with E-state index in [0.717, 1.165) is 0 Å². The summed E-state index contributed by atoms with van der Waals surface area (Å²) in [6, 6.07) is 0. The number of halogens is 1. The van der Waals surface area contributed by atoms with Crippen LogP contribution < -0.4 is 0 Å². The lowest BCUT2D eigenvalue weighted by atomic mass is 9.46. The SMILES string of the molecule is CC(=O)OCC(=O)[C@@]1(O)CC[C@H]2[C@@H]3CC(F)C4=CC(=O)C=C[C@]4(C)[C@H]3C(O)C[C@@]21C. The van der Waals surface area contributed by atoms with Gasteiger partial charge in [0.25, 0.3) is 0 Å². The first-order valence-electron chi connectivity index (χ1n) is 10.6. The summed E-state index contributed by atoms with van der Waals surface area (Å²) in [5.41, 5.74) is -3.05. The molecular weight excluding hydrogens is 391 g/mol. The van der Waals surface area contributed by atoms with E-state index in [-0.39, 0.29) is 42.8 Å². The van der Waals surface area contributed by atoms with E-state index in [1.54, 1.807) is 13.0 Å². The predicted octanol–water partition coefficient (Wildman–Crippen LogP) is 2.08. The molecule has 0 aromatic heterocycles. The molecule has 4 aliphatic carbocycles. The highest BCUT2D eigenvalue weighted by molar-refractivity contribution is 6.01. The van der Waals surface area contributed by atoms with Crippen molar-refractivity contribution in [2.24, 2.45) is 28.6 Å². The minimum absolute atomic E-state index is 0.152. The molecular formula is C23H29FO6. The highest BCUT2D eigenvalue weighted by atomic mass is 19.1. The van der Waals surface area contributed by atoms with E-state index in [1.807, 2.05) is 6.92 Å². The first kappa shape index (κ1) is 21.4. The summed E-state index contributed by atoms with van der Waals surface area (Å²) in [4.78, 5) is 35.8. The topological polar surface area (TPSA) is 101 Å². The number of aliphatic hydroxyl groups is 2. The standard InChI is InChI=1S/C23H29FO6/c1-12(25)30-11-19(28)23(29)7-5-15-14-9-17(24)16-8-13(26)4-6-21(16,2)20(14)18(27)10-22(15,23)3/h4,6,8,14-15,17-18,20,27,29H,5,7,9-11H2,1-3H3/t14-,15-,17?,18?,20+,21-,22-,23-/m0/s1. The molecule has 0 radical (unpaired) electrons. The second kappa shape index (κ2) is 6.82. The van der Waals surface area contributed by atoms with Gasteiger partial charge in [0.2, 0.25) is 5.78 Å². The lowest BCUT2D eigenvalue weighted by Gasteiger charge is -2.60. The normalized spacial score (nSPS) is 47.1. The summed E-state index contributed by atoms with van der Waals surface area (Å²) in [7, 11) is 0. The number of hydrogen-bond donors (Lipinski definition) is 2. The molecule has 7 heteroatoms. The highest BCUT2D eigenvalue weighted by Crippen LogP contribution is 2.67. The van der Waals surface area contributed by atoms with Crippen LogP contribution in [-0.2, 0) is 19.1 Å². The fraction of sp³-hybridized carbons (Fsp3) is 0.696. The Balaban J connectivity index is 1.70. The van der Waals surface area contributed by atoms with Gasteiger partial charge in [-0.3, -0.25) is 14.4 Å². The number of alkyl halides is 1. The lowest BCUT2D eigenvalue weighted by Crippen LogP contribution is -2.62. The van der Waals surface area contributed by atoms with E-state index in [4.69, 9.17) is 4.74 Å². The third-order valence-electron chi connectivity index (χ3n) is 8.50. The minimum Gasteiger partial charge on any atom is -0.458 e. The van der Waals surface area contributed by atoms with Crippen LogP contribution in [-0.4, -0.2) is 52.2 Å². The summed E-state index contributed by atoms with van der Waals surface area (Å²) >= 11 is 0. The van der Waals surface area contributed by atoms with E-state index in [9.17, 15) is 24.6 Å². The van der Waals surface area contributed by atoms with Gasteiger partial charge in [0.05, 0.1) is 6.10 Å². The van der Waals surface area contributed by atoms with Gasteiger partial charge in [0.1, 0.15) is 11.8 Å². The molecule has 3 fully saturated rings. The van der Waals surface area contributed by atoms with Crippen LogP contribution >= 0.6 is 0 Å². The van der Waals surface area contributed by atoms with Gasteiger partial charge >= 0.3 is 5.97 Å². The number of fused-ring (bicyclic) bond motifs is 5.